The molecule has 5 nitrogen and oxygen atoms in total. The first-order chi connectivity index (χ1) is 10.6. The van der Waals surface area contributed by atoms with Crippen LogP contribution < -0.4 is 4.90 Å². The summed E-state index contributed by atoms with van der Waals surface area (Å²) in [4.78, 5) is 38.3. The van der Waals surface area contributed by atoms with E-state index in [0.29, 0.717) is 22.4 Å². The molecular formula is C17H13NO4. The molecule has 0 aliphatic heterocycles. The Kier molecular flexibility index (Phi) is 3.25. The zero-order valence-electron chi connectivity index (χ0n) is 12.1. The highest BCUT2D eigenvalue weighted by Crippen LogP contribution is 2.33. The van der Waals surface area contributed by atoms with Gasteiger partial charge in [-0.3, -0.25) is 14.5 Å². The molecule has 0 unspecified atom stereocenters. The molecule has 0 atom stereocenters. The van der Waals surface area contributed by atoms with Crippen molar-refractivity contribution < 1.29 is 19.1 Å². The van der Waals surface area contributed by atoms with Crippen molar-refractivity contribution in [1.29, 1.82) is 0 Å². The van der Waals surface area contributed by atoms with Gasteiger partial charge in [0.25, 0.3) is 0 Å². The molecule has 22 heavy (non-hydrogen) atoms. The van der Waals surface area contributed by atoms with Gasteiger partial charge in [0, 0.05) is 23.7 Å². The summed E-state index contributed by atoms with van der Waals surface area (Å²) in [6, 6.07) is 11.5. The molecule has 0 heterocycles. The lowest BCUT2D eigenvalue weighted by molar-refractivity contribution is 0.0979. The molecule has 1 aliphatic carbocycles. The van der Waals surface area contributed by atoms with Gasteiger partial charge in [-0.25, -0.2) is 4.79 Å². The fourth-order valence-electron chi connectivity index (χ4n) is 2.64. The normalized spacial score (nSPS) is 12.5. The maximum absolute atomic E-state index is 12.8. The Labute approximate surface area is 127 Å². The molecule has 1 aliphatic rings. The van der Waals surface area contributed by atoms with Gasteiger partial charge in [0.05, 0.1) is 18.4 Å². The second-order valence-corrected chi connectivity index (χ2v) is 4.93. The van der Waals surface area contributed by atoms with Crippen LogP contribution in [0.1, 0.15) is 31.8 Å². The van der Waals surface area contributed by atoms with Crippen molar-refractivity contribution in [1.82, 2.24) is 0 Å². The highest BCUT2D eigenvalue weighted by molar-refractivity contribution is 6.30. The van der Waals surface area contributed by atoms with Gasteiger partial charge in [0.1, 0.15) is 0 Å². The van der Waals surface area contributed by atoms with Crippen LogP contribution in [-0.4, -0.2) is 31.8 Å². The van der Waals surface area contributed by atoms with Crippen LogP contribution in [0.25, 0.3) is 0 Å². The average Bonchev–Trinajstić information content (AvgIpc) is 2.57. The van der Waals surface area contributed by atoms with Crippen molar-refractivity contribution in [3.05, 3.63) is 64.7 Å². The van der Waals surface area contributed by atoms with Crippen LogP contribution >= 0.6 is 0 Å². The number of anilines is 1. The number of nitrogens with zero attached hydrogens (tertiary/aromatic N) is 1. The summed E-state index contributed by atoms with van der Waals surface area (Å²) in [5.74, 6) is -0.484. The van der Waals surface area contributed by atoms with Gasteiger partial charge in [-0.2, -0.15) is 0 Å². The first-order valence-electron chi connectivity index (χ1n) is 6.69. The van der Waals surface area contributed by atoms with E-state index in [2.05, 4.69) is 4.74 Å². The summed E-state index contributed by atoms with van der Waals surface area (Å²) in [5.41, 5.74) is 1.64. The minimum atomic E-state index is -0.604. The van der Waals surface area contributed by atoms with E-state index in [1.807, 2.05) is 0 Å². The number of amides is 1. The SMILES string of the molecule is COC(=O)N(C)c1cccc2c1C(=O)c1ccccc1C2=O. The van der Waals surface area contributed by atoms with Crippen LogP contribution in [0.5, 0.6) is 0 Å². The van der Waals surface area contributed by atoms with Crippen LogP contribution in [0.15, 0.2) is 42.5 Å². The second-order valence-electron chi connectivity index (χ2n) is 4.93. The molecule has 110 valence electrons. The average molecular weight is 295 g/mol. The fraction of sp³-hybridized carbons (Fsp3) is 0.118. The summed E-state index contributed by atoms with van der Waals surface area (Å²) in [6.45, 7) is 0. The van der Waals surface area contributed by atoms with Gasteiger partial charge in [-0.1, -0.05) is 36.4 Å². The Morgan fingerprint density at radius 2 is 1.50 bits per heavy atom. The smallest absolute Gasteiger partial charge is 0.413 e. The summed E-state index contributed by atoms with van der Waals surface area (Å²) in [6.07, 6.45) is -0.604. The van der Waals surface area contributed by atoms with Gasteiger partial charge in [0.15, 0.2) is 11.6 Å². The quantitative estimate of drug-likeness (QED) is 0.692. The Morgan fingerprint density at radius 3 is 2.14 bits per heavy atom. The van der Waals surface area contributed by atoms with E-state index in [1.54, 1.807) is 42.5 Å². The molecule has 1 amide bonds. The Hall–Kier alpha value is -2.95. The van der Waals surface area contributed by atoms with Crippen LogP contribution in [0.3, 0.4) is 0 Å². The first-order valence-corrected chi connectivity index (χ1v) is 6.69. The predicted octanol–water partition coefficient (Wildman–Crippen LogP) is 2.66. The highest BCUT2D eigenvalue weighted by Gasteiger charge is 2.33. The number of carbonyl (C=O) groups is 3. The Balaban J connectivity index is 2.23. The minimum Gasteiger partial charge on any atom is -0.452 e. The topological polar surface area (TPSA) is 63.7 Å². The van der Waals surface area contributed by atoms with E-state index in [9.17, 15) is 14.4 Å². The van der Waals surface area contributed by atoms with Crippen LogP contribution in [-0.2, 0) is 4.74 Å². The molecule has 0 radical (unpaired) electrons. The standard InChI is InChI=1S/C17H13NO4/c1-18(17(21)22-2)13-9-5-8-12-14(13)16(20)11-7-4-3-6-10(11)15(12)19/h3-9H,1-2H3. The fourth-order valence-corrected chi connectivity index (χ4v) is 2.64. The summed E-state index contributed by atoms with van der Waals surface area (Å²) in [7, 11) is 2.76. The van der Waals surface area contributed by atoms with Gasteiger partial charge in [-0.15, -0.1) is 0 Å². The number of carbonyl (C=O) groups excluding carboxylic acids is 3. The molecule has 0 spiro atoms. The molecule has 5 heteroatoms. The van der Waals surface area contributed by atoms with Crippen molar-refractivity contribution >= 4 is 23.3 Å². The minimum absolute atomic E-state index is 0.217. The van der Waals surface area contributed by atoms with Gasteiger partial charge >= 0.3 is 6.09 Å². The largest absolute Gasteiger partial charge is 0.452 e. The lowest BCUT2D eigenvalue weighted by atomic mass is 9.83. The molecule has 0 fully saturated rings. The maximum Gasteiger partial charge on any atom is 0.413 e. The molecule has 0 saturated heterocycles. The molecular weight excluding hydrogens is 282 g/mol. The van der Waals surface area contributed by atoms with Crippen molar-refractivity contribution in [3.63, 3.8) is 0 Å². The number of rotatable bonds is 1. The highest BCUT2D eigenvalue weighted by atomic mass is 16.5. The zero-order valence-corrected chi connectivity index (χ0v) is 12.1. The third-order valence-electron chi connectivity index (χ3n) is 3.74. The number of fused-ring (bicyclic) bond motifs is 2. The van der Waals surface area contributed by atoms with E-state index in [4.69, 9.17) is 0 Å². The van der Waals surface area contributed by atoms with Crippen molar-refractivity contribution in [3.8, 4) is 0 Å². The van der Waals surface area contributed by atoms with Crippen molar-refractivity contribution in [2.75, 3.05) is 19.1 Å². The molecule has 0 aromatic heterocycles. The van der Waals surface area contributed by atoms with Gasteiger partial charge in [-0.05, 0) is 6.07 Å². The van der Waals surface area contributed by atoms with E-state index in [-0.39, 0.29) is 17.1 Å². The number of ether oxygens (including phenoxy) is 1. The number of hydrogen-bond donors (Lipinski definition) is 0. The van der Waals surface area contributed by atoms with Crippen LogP contribution in [0, 0.1) is 0 Å². The van der Waals surface area contributed by atoms with E-state index >= 15 is 0 Å². The van der Waals surface area contributed by atoms with E-state index in [1.165, 1.54) is 19.1 Å². The number of benzene rings is 2. The van der Waals surface area contributed by atoms with E-state index < -0.39 is 6.09 Å². The molecule has 3 rings (SSSR count). The maximum atomic E-state index is 12.8. The van der Waals surface area contributed by atoms with Crippen molar-refractivity contribution in [2.45, 2.75) is 0 Å². The number of hydrogen-bond acceptors (Lipinski definition) is 4. The lowest BCUT2D eigenvalue weighted by Crippen LogP contribution is -2.30. The number of ketones is 2. The first kappa shape index (κ1) is 14.0. The lowest BCUT2D eigenvalue weighted by Gasteiger charge is -2.24. The van der Waals surface area contributed by atoms with Gasteiger partial charge in [0.2, 0.25) is 0 Å². The third kappa shape index (κ3) is 1.90. The van der Waals surface area contributed by atoms with Crippen LogP contribution in [0.4, 0.5) is 10.5 Å². The monoisotopic (exact) mass is 295 g/mol. The van der Waals surface area contributed by atoms with Gasteiger partial charge < -0.3 is 4.74 Å². The zero-order chi connectivity index (χ0) is 15.9. The molecule has 0 bridgehead atoms. The number of methoxy groups -OCH3 is 1. The summed E-state index contributed by atoms with van der Waals surface area (Å²) in [5, 5.41) is 0. The Morgan fingerprint density at radius 1 is 0.909 bits per heavy atom. The molecule has 2 aromatic carbocycles. The van der Waals surface area contributed by atoms with Crippen molar-refractivity contribution in [2.24, 2.45) is 0 Å². The van der Waals surface area contributed by atoms with E-state index in [0.717, 1.165) is 0 Å². The van der Waals surface area contributed by atoms with Crippen LogP contribution in [0.2, 0.25) is 0 Å². The third-order valence-corrected chi connectivity index (χ3v) is 3.74. The molecule has 0 N–H and O–H groups in total. The summed E-state index contributed by atoms with van der Waals surface area (Å²) < 4.78 is 4.68. The molecule has 2 aromatic rings. The summed E-state index contributed by atoms with van der Waals surface area (Å²) >= 11 is 0. The predicted molar refractivity (Wildman–Crippen MR) is 80.6 cm³/mol. The molecule has 0 saturated carbocycles. The Bertz CT molecular complexity index is 810. The second kappa shape index (κ2) is 5.11.